The first-order valence-electron chi connectivity index (χ1n) is 10.2. The highest BCUT2D eigenvalue weighted by atomic mass is 16.6. The van der Waals surface area contributed by atoms with E-state index >= 15 is 0 Å². The number of para-hydroxylation sites is 2. The summed E-state index contributed by atoms with van der Waals surface area (Å²) in [4.78, 5) is 25.3. The minimum Gasteiger partial charge on any atom is -0.494 e. The zero-order valence-corrected chi connectivity index (χ0v) is 17.5. The largest absolute Gasteiger partial charge is 0.494 e. The van der Waals surface area contributed by atoms with Crippen LogP contribution in [0.15, 0.2) is 48.5 Å². The van der Waals surface area contributed by atoms with Crippen molar-refractivity contribution in [3.05, 3.63) is 54.1 Å². The van der Waals surface area contributed by atoms with E-state index in [2.05, 4.69) is 10.6 Å². The zero-order chi connectivity index (χ0) is 21.5. The first-order valence-corrected chi connectivity index (χ1v) is 10.2. The molecule has 1 aliphatic rings. The van der Waals surface area contributed by atoms with Crippen molar-refractivity contribution in [2.75, 3.05) is 19.8 Å². The Labute approximate surface area is 176 Å². The number of carbonyl (C=O) groups is 2. The van der Waals surface area contributed by atoms with Gasteiger partial charge in [0, 0.05) is 5.56 Å². The predicted molar refractivity (Wildman–Crippen MR) is 113 cm³/mol. The minimum absolute atomic E-state index is 0.0825. The smallest absolute Gasteiger partial charge is 0.251 e. The normalized spacial score (nSPS) is 15.9. The summed E-state index contributed by atoms with van der Waals surface area (Å²) in [6, 6.07) is 13.6. The lowest BCUT2D eigenvalue weighted by Gasteiger charge is -2.28. The summed E-state index contributed by atoms with van der Waals surface area (Å²) in [5, 5.41) is 5.69. The molecule has 7 nitrogen and oxygen atoms in total. The molecule has 2 amide bonds. The van der Waals surface area contributed by atoms with Crippen molar-refractivity contribution in [2.24, 2.45) is 5.92 Å². The molecule has 7 heteroatoms. The van der Waals surface area contributed by atoms with Gasteiger partial charge >= 0.3 is 0 Å². The summed E-state index contributed by atoms with van der Waals surface area (Å²) < 4.78 is 16.9. The molecule has 0 fully saturated rings. The predicted octanol–water partition coefficient (Wildman–Crippen LogP) is 2.80. The molecule has 0 aromatic heterocycles. The second-order valence-electron chi connectivity index (χ2n) is 7.40. The Morgan fingerprint density at radius 3 is 2.47 bits per heavy atom. The maximum Gasteiger partial charge on any atom is 0.251 e. The first-order chi connectivity index (χ1) is 14.5. The summed E-state index contributed by atoms with van der Waals surface area (Å²) in [7, 11) is 0. The Morgan fingerprint density at radius 2 is 1.80 bits per heavy atom. The molecule has 2 aromatic rings. The summed E-state index contributed by atoms with van der Waals surface area (Å²) >= 11 is 0. The lowest BCUT2D eigenvalue weighted by atomic mass is 10.0. The van der Waals surface area contributed by atoms with Crippen LogP contribution in [0.4, 0.5) is 0 Å². The highest BCUT2D eigenvalue weighted by Gasteiger charge is 2.27. The van der Waals surface area contributed by atoms with Gasteiger partial charge in [-0.3, -0.25) is 9.59 Å². The molecular formula is C23H28N2O5. The molecule has 0 saturated heterocycles. The van der Waals surface area contributed by atoms with E-state index in [1.54, 1.807) is 24.3 Å². The fraction of sp³-hybridized carbons (Fsp3) is 0.391. The van der Waals surface area contributed by atoms with E-state index in [-0.39, 0.29) is 30.4 Å². The maximum atomic E-state index is 12.7. The second kappa shape index (κ2) is 10.0. The van der Waals surface area contributed by atoms with Gasteiger partial charge in [0.25, 0.3) is 5.91 Å². The highest BCUT2D eigenvalue weighted by molar-refractivity contribution is 5.97. The van der Waals surface area contributed by atoms with Crippen molar-refractivity contribution in [2.45, 2.75) is 32.9 Å². The quantitative estimate of drug-likeness (QED) is 0.696. The second-order valence-corrected chi connectivity index (χ2v) is 7.40. The van der Waals surface area contributed by atoms with Crippen molar-refractivity contribution in [3.8, 4) is 17.2 Å². The monoisotopic (exact) mass is 412 g/mol. The standard InChI is InChI=1S/C23H28N2O5/c1-4-28-17-11-9-16(10-12-17)22(26)25-21(15(2)3)23(27)24-13-18-14-29-19-7-5-6-8-20(19)30-18/h5-12,15,18,21H,4,13-14H2,1-3H3,(H,24,27)(H,25,26)/t18-,21+/m1/s1. The van der Waals surface area contributed by atoms with E-state index in [9.17, 15) is 9.59 Å². The van der Waals surface area contributed by atoms with Crippen LogP contribution in [0.5, 0.6) is 17.2 Å². The molecule has 0 radical (unpaired) electrons. The number of hydrogen-bond donors (Lipinski definition) is 2. The summed E-state index contributed by atoms with van der Waals surface area (Å²) in [5.41, 5.74) is 0.470. The lowest BCUT2D eigenvalue weighted by molar-refractivity contribution is -0.124. The Balaban J connectivity index is 1.55. The first kappa shape index (κ1) is 21.5. The van der Waals surface area contributed by atoms with Crippen molar-refractivity contribution in [1.82, 2.24) is 10.6 Å². The van der Waals surface area contributed by atoms with Gasteiger partial charge in [0.2, 0.25) is 5.91 Å². The van der Waals surface area contributed by atoms with Crippen LogP contribution in [0.3, 0.4) is 0 Å². The topological polar surface area (TPSA) is 85.9 Å². The molecule has 0 bridgehead atoms. The average molecular weight is 412 g/mol. The van der Waals surface area contributed by atoms with E-state index in [4.69, 9.17) is 14.2 Å². The van der Waals surface area contributed by atoms with E-state index in [0.717, 1.165) is 0 Å². The number of hydrogen-bond acceptors (Lipinski definition) is 5. The molecule has 2 N–H and O–H groups in total. The van der Waals surface area contributed by atoms with Gasteiger partial charge in [-0.25, -0.2) is 0 Å². The molecule has 160 valence electrons. The van der Waals surface area contributed by atoms with Crippen LogP contribution in [0.1, 0.15) is 31.1 Å². The van der Waals surface area contributed by atoms with Crippen LogP contribution >= 0.6 is 0 Å². The molecule has 0 saturated carbocycles. The molecular weight excluding hydrogens is 384 g/mol. The Hall–Kier alpha value is -3.22. The minimum atomic E-state index is -0.666. The van der Waals surface area contributed by atoms with Crippen LogP contribution in [-0.4, -0.2) is 43.7 Å². The number of nitrogens with one attached hydrogen (secondary N) is 2. The summed E-state index contributed by atoms with van der Waals surface area (Å²) in [5.74, 6) is 1.41. The third kappa shape index (κ3) is 5.43. The molecule has 2 atom stereocenters. The highest BCUT2D eigenvalue weighted by Crippen LogP contribution is 2.30. The molecule has 2 aromatic carbocycles. The number of fused-ring (bicyclic) bond motifs is 1. The van der Waals surface area contributed by atoms with Crippen molar-refractivity contribution in [3.63, 3.8) is 0 Å². The third-order valence-corrected chi connectivity index (χ3v) is 4.73. The number of carbonyl (C=O) groups excluding carboxylic acids is 2. The number of amides is 2. The van der Waals surface area contributed by atoms with Gasteiger partial charge < -0.3 is 24.8 Å². The maximum absolute atomic E-state index is 12.7. The van der Waals surface area contributed by atoms with Crippen LogP contribution < -0.4 is 24.8 Å². The Kier molecular flexibility index (Phi) is 7.17. The van der Waals surface area contributed by atoms with E-state index in [0.29, 0.717) is 36.0 Å². The molecule has 0 unspecified atom stereocenters. The lowest BCUT2D eigenvalue weighted by Crippen LogP contribution is -2.52. The van der Waals surface area contributed by atoms with Crippen molar-refractivity contribution in [1.29, 1.82) is 0 Å². The zero-order valence-electron chi connectivity index (χ0n) is 17.5. The fourth-order valence-corrected chi connectivity index (χ4v) is 3.12. The van der Waals surface area contributed by atoms with Gasteiger partial charge in [-0.1, -0.05) is 26.0 Å². The SMILES string of the molecule is CCOc1ccc(C(=O)N[C@H](C(=O)NC[C@@H]2COc3ccccc3O2)C(C)C)cc1. The van der Waals surface area contributed by atoms with Gasteiger partial charge in [-0.15, -0.1) is 0 Å². The summed E-state index contributed by atoms with van der Waals surface area (Å²) in [6.45, 7) is 6.87. The van der Waals surface area contributed by atoms with Gasteiger partial charge in [0.15, 0.2) is 11.5 Å². The number of ether oxygens (including phenoxy) is 3. The number of benzene rings is 2. The van der Waals surface area contributed by atoms with Crippen LogP contribution in [0.25, 0.3) is 0 Å². The van der Waals surface area contributed by atoms with E-state index in [1.807, 2.05) is 45.0 Å². The number of rotatable bonds is 8. The van der Waals surface area contributed by atoms with Crippen molar-refractivity contribution >= 4 is 11.8 Å². The average Bonchev–Trinajstić information content (AvgIpc) is 2.76. The van der Waals surface area contributed by atoms with Crippen LogP contribution in [0.2, 0.25) is 0 Å². The third-order valence-electron chi connectivity index (χ3n) is 4.73. The van der Waals surface area contributed by atoms with Crippen LogP contribution in [-0.2, 0) is 4.79 Å². The molecule has 30 heavy (non-hydrogen) atoms. The molecule has 1 heterocycles. The van der Waals surface area contributed by atoms with E-state index < -0.39 is 6.04 Å². The molecule has 3 rings (SSSR count). The fourth-order valence-electron chi connectivity index (χ4n) is 3.12. The van der Waals surface area contributed by atoms with Gasteiger partial charge in [-0.2, -0.15) is 0 Å². The Morgan fingerprint density at radius 1 is 1.10 bits per heavy atom. The van der Waals surface area contributed by atoms with Crippen molar-refractivity contribution < 1.29 is 23.8 Å². The molecule has 1 aliphatic heterocycles. The Bertz CT molecular complexity index is 866. The molecule has 0 aliphatic carbocycles. The van der Waals surface area contributed by atoms with Gasteiger partial charge in [0.1, 0.15) is 24.5 Å². The summed E-state index contributed by atoms with van der Waals surface area (Å²) in [6.07, 6.45) is -0.293. The molecule has 0 spiro atoms. The van der Waals surface area contributed by atoms with Gasteiger partial charge in [0.05, 0.1) is 13.2 Å². The van der Waals surface area contributed by atoms with E-state index in [1.165, 1.54) is 0 Å². The van der Waals surface area contributed by atoms with Crippen LogP contribution in [0, 0.1) is 5.92 Å². The van der Waals surface area contributed by atoms with Gasteiger partial charge in [-0.05, 0) is 49.2 Å².